The summed E-state index contributed by atoms with van der Waals surface area (Å²) in [6, 6.07) is -0.380. The molecule has 1 fully saturated rings. The molecule has 1 N–H and O–H groups in total. The van der Waals surface area contributed by atoms with Crippen LogP contribution < -0.4 is 0 Å². The van der Waals surface area contributed by atoms with Crippen LogP contribution in [0.3, 0.4) is 0 Å². The van der Waals surface area contributed by atoms with Crippen molar-refractivity contribution in [3.8, 4) is 0 Å². The molecular weight excluding hydrogens is 220 g/mol. The van der Waals surface area contributed by atoms with E-state index in [1.54, 1.807) is 4.68 Å². The average molecular weight is 238 g/mol. The Morgan fingerprint density at radius 2 is 2.35 bits per heavy atom. The zero-order valence-corrected chi connectivity index (χ0v) is 10.0. The summed E-state index contributed by atoms with van der Waals surface area (Å²) in [5, 5.41) is 13.3. The largest absolute Gasteiger partial charge is 0.480 e. The number of rotatable bonds is 3. The van der Waals surface area contributed by atoms with E-state index < -0.39 is 5.97 Å². The fraction of sp³-hybridized carbons (Fsp3) is 0.727. The van der Waals surface area contributed by atoms with E-state index in [0.29, 0.717) is 6.54 Å². The number of nitrogens with zero attached hydrogens (tertiary/aromatic N) is 4. The average Bonchev–Trinajstić information content (AvgIpc) is 2.55. The fourth-order valence-electron chi connectivity index (χ4n) is 2.28. The molecule has 2 rings (SSSR count). The number of likely N-dealkylation sites (tertiary alicyclic amines) is 1. The van der Waals surface area contributed by atoms with Crippen LogP contribution in [0.15, 0.2) is 6.33 Å². The number of aliphatic carboxylic acids is 1. The van der Waals surface area contributed by atoms with Gasteiger partial charge in [0.05, 0.1) is 6.54 Å². The molecular formula is C11H18N4O2. The zero-order chi connectivity index (χ0) is 12.3. The Labute approximate surface area is 100 Å². The van der Waals surface area contributed by atoms with Gasteiger partial charge in [0, 0.05) is 7.05 Å². The quantitative estimate of drug-likeness (QED) is 0.837. The number of aromatic nitrogens is 3. The van der Waals surface area contributed by atoms with Crippen LogP contribution in [0, 0.1) is 0 Å². The van der Waals surface area contributed by atoms with Crippen LogP contribution in [-0.4, -0.2) is 43.3 Å². The molecule has 94 valence electrons. The molecule has 1 unspecified atom stereocenters. The normalized spacial score (nSPS) is 22.3. The Morgan fingerprint density at radius 1 is 1.53 bits per heavy atom. The lowest BCUT2D eigenvalue weighted by molar-refractivity contribution is -0.143. The van der Waals surface area contributed by atoms with E-state index in [4.69, 9.17) is 0 Å². The molecule has 0 radical (unpaired) electrons. The van der Waals surface area contributed by atoms with Gasteiger partial charge in [-0.1, -0.05) is 12.8 Å². The fourth-order valence-corrected chi connectivity index (χ4v) is 2.28. The summed E-state index contributed by atoms with van der Waals surface area (Å²) in [7, 11) is 1.83. The van der Waals surface area contributed by atoms with Gasteiger partial charge in [-0.3, -0.25) is 14.4 Å². The van der Waals surface area contributed by atoms with Crippen LogP contribution in [0.2, 0.25) is 0 Å². The van der Waals surface area contributed by atoms with E-state index in [2.05, 4.69) is 10.1 Å². The molecule has 0 amide bonds. The van der Waals surface area contributed by atoms with Crippen molar-refractivity contribution in [2.45, 2.75) is 38.3 Å². The lowest BCUT2D eigenvalue weighted by atomic mass is 10.1. The first-order valence-corrected chi connectivity index (χ1v) is 5.98. The second kappa shape index (κ2) is 5.27. The van der Waals surface area contributed by atoms with Crippen molar-refractivity contribution < 1.29 is 9.90 Å². The van der Waals surface area contributed by atoms with E-state index in [0.717, 1.165) is 38.1 Å². The zero-order valence-electron chi connectivity index (χ0n) is 10.0. The molecule has 6 heteroatoms. The molecule has 0 spiro atoms. The summed E-state index contributed by atoms with van der Waals surface area (Å²) in [6.07, 6.45) is 5.39. The van der Waals surface area contributed by atoms with Gasteiger partial charge in [0.25, 0.3) is 0 Å². The van der Waals surface area contributed by atoms with Gasteiger partial charge in [0.2, 0.25) is 0 Å². The summed E-state index contributed by atoms with van der Waals surface area (Å²) in [4.78, 5) is 17.4. The van der Waals surface area contributed by atoms with Gasteiger partial charge in [-0.25, -0.2) is 4.98 Å². The SMILES string of the molecule is Cn1ncnc1CN1CCCCCC1C(=O)O. The summed E-state index contributed by atoms with van der Waals surface area (Å²) in [5.74, 6) is 0.0900. The highest BCUT2D eigenvalue weighted by molar-refractivity contribution is 5.73. The predicted octanol–water partition coefficient (Wildman–Crippen LogP) is 0.644. The number of carboxylic acids is 1. The summed E-state index contributed by atoms with van der Waals surface area (Å²) in [6.45, 7) is 1.39. The van der Waals surface area contributed by atoms with Crippen LogP contribution in [0.5, 0.6) is 0 Å². The molecule has 6 nitrogen and oxygen atoms in total. The Balaban J connectivity index is 2.10. The van der Waals surface area contributed by atoms with Crippen LogP contribution in [0.4, 0.5) is 0 Å². The monoisotopic (exact) mass is 238 g/mol. The van der Waals surface area contributed by atoms with E-state index >= 15 is 0 Å². The summed E-state index contributed by atoms with van der Waals surface area (Å²) in [5.41, 5.74) is 0. The maximum absolute atomic E-state index is 11.2. The molecule has 0 aliphatic carbocycles. The lowest BCUT2D eigenvalue weighted by Crippen LogP contribution is -2.40. The molecule has 0 aromatic carbocycles. The van der Waals surface area contributed by atoms with Gasteiger partial charge in [0.15, 0.2) is 0 Å². The number of hydrogen-bond donors (Lipinski definition) is 1. The minimum atomic E-state index is -0.728. The van der Waals surface area contributed by atoms with Gasteiger partial charge in [-0.15, -0.1) is 0 Å². The van der Waals surface area contributed by atoms with Gasteiger partial charge in [0.1, 0.15) is 18.2 Å². The molecule has 17 heavy (non-hydrogen) atoms. The maximum Gasteiger partial charge on any atom is 0.320 e. The molecule has 0 saturated carbocycles. The molecule has 0 bridgehead atoms. The highest BCUT2D eigenvalue weighted by atomic mass is 16.4. The molecule has 1 aromatic heterocycles. The number of carboxylic acid groups (broad SMARTS) is 1. The molecule has 1 atom stereocenters. The Morgan fingerprint density at radius 3 is 3.00 bits per heavy atom. The van der Waals surface area contributed by atoms with Crippen molar-refractivity contribution >= 4 is 5.97 Å². The van der Waals surface area contributed by atoms with Crippen LogP contribution in [0.1, 0.15) is 31.5 Å². The van der Waals surface area contributed by atoms with Crippen LogP contribution in [0.25, 0.3) is 0 Å². The first-order chi connectivity index (χ1) is 8.18. The van der Waals surface area contributed by atoms with Gasteiger partial charge in [-0.05, 0) is 19.4 Å². The van der Waals surface area contributed by atoms with Gasteiger partial charge >= 0.3 is 5.97 Å². The Kier molecular flexibility index (Phi) is 3.73. The maximum atomic E-state index is 11.2. The van der Waals surface area contributed by atoms with Crippen LogP contribution in [-0.2, 0) is 18.4 Å². The third kappa shape index (κ3) is 2.82. The lowest BCUT2D eigenvalue weighted by Gasteiger charge is -2.25. The van der Waals surface area contributed by atoms with Crippen LogP contribution >= 0.6 is 0 Å². The third-order valence-corrected chi connectivity index (χ3v) is 3.30. The molecule has 2 heterocycles. The van der Waals surface area contributed by atoms with E-state index in [-0.39, 0.29) is 6.04 Å². The molecule has 1 aliphatic rings. The Bertz CT molecular complexity index is 391. The van der Waals surface area contributed by atoms with E-state index in [1.165, 1.54) is 6.33 Å². The van der Waals surface area contributed by atoms with Crippen molar-refractivity contribution in [2.75, 3.05) is 6.54 Å². The van der Waals surface area contributed by atoms with Crippen molar-refractivity contribution in [1.29, 1.82) is 0 Å². The van der Waals surface area contributed by atoms with Gasteiger partial charge < -0.3 is 5.11 Å². The number of aryl methyl sites for hydroxylation is 1. The van der Waals surface area contributed by atoms with Crippen molar-refractivity contribution in [1.82, 2.24) is 19.7 Å². The highest BCUT2D eigenvalue weighted by Gasteiger charge is 2.27. The second-order valence-electron chi connectivity index (χ2n) is 4.47. The number of hydrogen-bond acceptors (Lipinski definition) is 4. The summed E-state index contributed by atoms with van der Waals surface area (Å²) < 4.78 is 1.70. The smallest absolute Gasteiger partial charge is 0.320 e. The predicted molar refractivity (Wildman–Crippen MR) is 61.3 cm³/mol. The second-order valence-corrected chi connectivity index (χ2v) is 4.47. The first kappa shape index (κ1) is 12.0. The first-order valence-electron chi connectivity index (χ1n) is 5.98. The molecule has 1 aliphatic heterocycles. The van der Waals surface area contributed by atoms with Crippen molar-refractivity contribution in [3.63, 3.8) is 0 Å². The third-order valence-electron chi connectivity index (χ3n) is 3.30. The standard InChI is InChI=1S/C11H18N4O2/c1-14-10(12-8-13-14)7-15-6-4-2-3-5-9(15)11(16)17/h8-9H,2-7H2,1H3,(H,16,17). The van der Waals surface area contributed by atoms with Gasteiger partial charge in [-0.2, -0.15) is 5.10 Å². The number of carbonyl (C=O) groups is 1. The van der Waals surface area contributed by atoms with Crippen molar-refractivity contribution in [2.24, 2.45) is 7.05 Å². The molecule has 1 saturated heterocycles. The molecule has 1 aromatic rings. The minimum Gasteiger partial charge on any atom is -0.480 e. The minimum absolute atomic E-state index is 0.380. The topological polar surface area (TPSA) is 71.2 Å². The van der Waals surface area contributed by atoms with Crippen molar-refractivity contribution in [3.05, 3.63) is 12.2 Å². The van der Waals surface area contributed by atoms with E-state index in [9.17, 15) is 9.90 Å². The highest BCUT2D eigenvalue weighted by Crippen LogP contribution is 2.18. The van der Waals surface area contributed by atoms with E-state index in [1.807, 2.05) is 11.9 Å². The Hall–Kier alpha value is -1.43. The summed E-state index contributed by atoms with van der Waals surface area (Å²) >= 11 is 0.